The first kappa shape index (κ1) is 21.1. The van der Waals surface area contributed by atoms with Crippen molar-refractivity contribution in [2.45, 2.75) is 50.5 Å². The van der Waals surface area contributed by atoms with Crippen LogP contribution in [0.15, 0.2) is 53.4 Å². The number of hydrogen-bond donors (Lipinski definition) is 1. The lowest BCUT2D eigenvalue weighted by Gasteiger charge is -2.41. The van der Waals surface area contributed by atoms with Gasteiger partial charge in [-0.15, -0.1) is 0 Å². The Morgan fingerprint density at radius 1 is 1.03 bits per heavy atom. The smallest absolute Gasteiger partial charge is 0.253 e. The number of carbonyl (C=O) groups is 1. The number of piperidine rings is 1. The molecule has 0 bridgehead atoms. The minimum absolute atomic E-state index is 0.0569. The summed E-state index contributed by atoms with van der Waals surface area (Å²) < 4.78 is 28.5. The number of amides is 1. The average molecular weight is 427 g/mol. The summed E-state index contributed by atoms with van der Waals surface area (Å²) in [5.41, 5.74) is 1.98. The summed E-state index contributed by atoms with van der Waals surface area (Å²) in [6.45, 7) is 3.54. The predicted molar refractivity (Wildman–Crippen MR) is 118 cm³/mol. The Morgan fingerprint density at radius 3 is 2.53 bits per heavy atom. The topological polar surface area (TPSA) is 66.5 Å². The molecule has 2 aromatic carbocycles. The predicted octanol–water partition coefficient (Wildman–Crippen LogP) is 4.13. The van der Waals surface area contributed by atoms with E-state index in [4.69, 9.17) is 0 Å². The molecule has 160 valence electrons. The van der Waals surface area contributed by atoms with Gasteiger partial charge in [-0.2, -0.15) is 0 Å². The second kappa shape index (κ2) is 8.90. The van der Waals surface area contributed by atoms with Gasteiger partial charge < -0.3 is 4.90 Å². The van der Waals surface area contributed by atoms with E-state index >= 15 is 0 Å². The fourth-order valence-corrected chi connectivity index (χ4v) is 6.13. The third kappa shape index (κ3) is 4.60. The van der Waals surface area contributed by atoms with Crippen molar-refractivity contribution >= 4 is 15.9 Å². The van der Waals surface area contributed by atoms with Crippen LogP contribution in [0, 0.1) is 18.8 Å². The van der Waals surface area contributed by atoms with E-state index in [0.29, 0.717) is 17.0 Å². The lowest BCUT2D eigenvalue weighted by molar-refractivity contribution is 0.0520. The van der Waals surface area contributed by atoms with Gasteiger partial charge >= 0.3 is 0 Å². The molecule has 1 saturated carbocycles. The Balaban J connectivity index is 1.50. The van der Waals surface area contributed by atoms with Crippen LogP contribution in [-0.2, 0) is 16.6 Å². The molecular weight excluding hydrogens is 396 g/mol. The van der Waals surface area contributed by atoms with Crippen molar-refractivity contribution in [2.24, 2.45) is 11.8 Å². The van der Waals surface area contributed by atoms with Gasteiger partial charge in [-0.3, -0.25) is 4.79 Å². The maximum atomic E-state index is 13.2. The van der Waals surface area contributed by atoms with E-state index in [1.807, 2.05) is 35.2 Å². The van der Waals surface area contributed by atoms with Gasteiger partial charge in [0.25, 0.3) is 5.91 Å². The van der Waals surface area contributed by atoms with E-state index in [9.17, 15) is 13.2 Å². The number of hydrogen-bond acceptors (Lipinski definition) is 3. The Labute approximate surface area is 179 Å². The van der Waals surface area contributed by atoms with Crippen LogP contribution in [0.1, 0.15) is 53.6 Å². The van der Waals surface area contributed by atoms with Gasteiger partial charge in [0.05, 0.1) is 4.90 Å². The number of nitrogens with one attached hydrogen (secondary N) is 1. The number of fused-ring (bicyclic) bond motifs is 1. The molecule has 1 saturated heterocycles. The molecule has 6 heteroatoms. The Morgan fingerprint density at radius 2 is 1.77 bits per heavy atom. The molecule has 1 heterocycles. The molecule has 1 aliphatic heterocycles. The minimum atomic E-state index is -3.72. The van der Waals surface area contributed by atoms with E-state index in [1.165, 1.54) is 31.7 Å². The number of rotatable bonds is 5. The number of carbonyl (C=O) groups excluding carboxylic acids is 1. The van der Waals surface area contributed by atoms with Gasteiger partial charge in [0.15, 0.2) is 0 Å². The molecule has 5 nitrogen and oxygen atoms in total. The summed E-state index contributed by atoms with van der Waals surface area (Å²) in [5, 5.41) is 0. The summed E-state index contributed by atoms with van der Waals surface area (Å²) in [7, 11) is -3.72. The Hall–Kier alpha value is -2.18. The average Bonchev–Trinajstić information content (AvgIpc) is 2.78. The monoisotopic (exact) mass is 426 g/mol. The largest absolute Gasteiger partial charge is 0.338 e. The molecule has 1 amide bonds. The Kier molecular flexibility index (Phi) is 6.25. The van der Waals surface area contributed by atoms with Crippen LogP contribution in [-0.4, -0.2) is 32.3 Å². The molecule has 2 atom stereocenters. The van der Waals surface area contributed by atoms with Gasteiger partial charge in [-0.25, -0.2) is 13.1 Å². The molecule has 0 aromatic heterocycles. The molecule has 2 aliphatic rings. The van der Waals surface area contributed by atoms with Gasteiger partial charge in [0.2, 0.25) is 10.0 Å². The van der Waals surface area contributed by atoms with Crippen LogP contribution in [0.4, 0.5) is 0 Å². The highest BCUT2D eigenvalue weighted by Gasteiger charge is 2.33. The lowest BCUT2D eigenvalue weighted by Crippen LogP contribution is -2.44. The molecule has 0 radical (unpaired) electrons. The highest BCUT2D eigenvalue weighted by atomic mass is 32.2. The maximum absolute atomic E-state index is 13.2. The molecule has 2 aromatic rings. The van der Waals surface area contributed by atoms with Crippen molar-refractivity contribution in [3.8, 4) is 0 Å². The van der Waals surface area contributed by atoms with Gasteiger partial charge in [0.1, 0.15) is 0 Å². The third-order valence-electron chi connectivity index (χ3n) is 6.61. The summed E-state index contributed by atoms with van der Waals surface area (Å²) >= 11 is 0. The minimum Gasteiger partial charge on any atom is -0.338 e. The van der Waals surface area contributed by atoms with Crippen LogP contribution in [0.5, 0.6) is 0 Å². The van der Waals surface area contributed by atoms with Crippen LogP contribution >= 0.6 is 0 Å². The number of benzene rings is 2. The van der Waals surface area contributed by atoms with Gasteiger partial charge in [0, 0.05) is 25.2 Å². The van der Waals surface area contributed by atoms with Crippen LogP contribution in [0.3, 0.4) is 0 Å². The maximum Gasteiger partial charge on any atom is 0.253 e. The number of aryl methyl sites for hydroxylation is 1. The van der Waals surface area contributed by atoms with Crippen molar-refractivity contribution in [3.05, 3.63) is 65.2 Å². The fraction of sp³-hybridized carbons (Fsp3) is 0.458. The van der Waals surface area contributed by atoms with Crippen molar-refractivity contribution in [3.63, 3.8) is 0 Å². The fourth-order valence-electron chi connectivity index (χ4n) is 4.84. The van der Waals surface area contributed by atoms with Crippen LogP contribution in [0.25, 0.3) is 0 Å². The number of likely N-dealkylation sites (tertiary alicyclic amines) is 1. The standard InChI is InChI=1S/C24H30N2O3S/c1-18-11-12-21(24(27)26-14-13-20-9-5-6-10-22(20)17-26)15-23(18)30(28,29)25-16-19-7-3-2-4-8-19/h2-4,7-8,11-12,15,20,22,25H,5-6,9-10,13-14,16-17H2,1H3/t20-,22+/m1/s1. The van der Waals surface area contributed by atoms with Crippen molar-refractivity contribution in [2.75, 3.05) is 13.1 Å². The summed E-state index contributed by atoms with van der Waals surface area (Å²) in [6.07, 6.45) is 6.11. The molecule has 2 fully saturated rings. The van der Waals surface area contributed by atoms with E-state index in [2.05, 4.69) is 4.72 Å². The second-order valence-corrected chi connectivity index (χ2v) is 10.4. The quantitative estimate of drug-likeness (QED) is 0.782. The van der Waals surface area contributed by atoms with Crippen LogP contribution in [0.2, 0.25) is 0 Å². The molecule has 0 unspecified atom stereocenters. The summed E-state index contributed by atoms with van der Waals surface area (Å²) in [4.78, 5) is 15.3. The second-order valence-electron chi connectivity index (χ2n) is 8.63. The normalized spacial score (nSPS) is 21.8. The molecule has 1 aliphatic carbocycles. The first-order valence-electron chi connectivity index (χ1n) is 10.9. The van der Waals surface area contributed by atoms with E-state index in [-0.39, 0.29) is 17.3 Å². The first-order valence-corrected chi connectivity index (χ1v) is 12.4. The Bertz CT molecular complexity index is 1000. The van der Waals surface area contributed by atoms with Crippen molar-refractivity contribution < 1.29 is 13.2 Å². The highest BCUT2D eigenvalue weighted by molar-refractivity contribution is 7.89. The van der Waals surface area contributed by atoms with Gasteiger partial charge in [-0.05, 0) is 54.9 Å². The van der Waals surface area contributed by atoms with Crippen LogP contribution < -0.4 is 4.72 Å². The summed E-state index contributed by atoms with van der Waals surface area (Å²) in [5.74, 6) is 1.29. The molecule has 4 rings (SSSR count). The first-order chi connectivity index (χ1) is 14.4. The van der Waals surface area contributed by atoms with E-state index < -0.39 is 10.0 Å². The molecule has 0 spiro atoms. The zero-order valence-corrected chi connectivity index (χ0v) is 18.3. The zero-order chi connectivity index (χ0) is 21.1. The van der Waals surface area contributed by atoms with Crippen molar-refractivity contribution in [1.82, 2.24) is 9.62 Å². The number of sulfonamides is 1. The SMILES string of the molecule is Cc1ccc(C(=O)N2CC[C@H]3CCCC[C@H]3C2)cc1S(=O)(=O)NCc1ccccc1. The van der Waals surface area contributed by atoms with E-state index in [0.717, 1.165) is 31.0 Å². The highest BCUT2D eigenvalue weighted by Crippen LogP contribution is 2.36. The molecule has 30 heavy (non-hydrogen) atoms. The molecular formula is C24H30N2O3S. The number of nitrogens with zero attached hydrogens (tertiary/aromatic N) is 1. The van der Waals surface area contributed by atoms with E-state index in [1.54, 1.807) is 19.1 Å². The summed E-state index contributed by atoms with van der Waals surface area (Å²) in [6, 6.07) is 14.4. The van der Waals surface area contributed by atoms with Crippen molar-refractivity contribution in [1.29, 1.82) is 0 Å². The lowest BCUT2D eigenvalue weighted by atomic mass is 9.75. The third-order valence-corrected chi connectivity index (χ3v) is 8.16. The zero-order valence-electron chi connectivity index (χ0n) is 17.5. The molecule has 1 N–H and O–H groups in total. The van der Waals surface area contributed by atoms with Gasteiger partial charge in [-0.1, -0.05) is 55.7 Å².